The van der Waals surface area contributed by atoms with Crippen LogP contribution in [0.1, 0.15) is 41.0 Å². The van der Waals surface area contributed by atoms with Crippen molar-refractivity contribution in [3.63, 3.8) is 0 Å². The first-order valence-corrected chi connectivity index (χ1v) is 12.7. The van der Waals surface area contributed by atoms with E-state index in [1.165, 1.54) is 0 Å². The van der Waals surface area contributed by atoms with Gasteiger partial charge in [0.05, 0.1) is 29.7 Å². The molecule has 1 saturated carbocycles. The Morgan fingerprint density at radius 2 is 1.83 bits per heavy atom. The van der Waals surface area contributed by atoms with E-state index in [-0.39, 0.29) is 17.7 Å². The zero-order valence-corrected chi connectivity index (χ0v) is 21.4. The van der Waals surface area contributed by atoms with E-state index in [9.17, 15) is 10.1 Å². The number of amides is 1. The fraction of sp³-hybridized carbons (Fsp3) is 0.310. The van der Waals surface area contributed by atoms with Crippen LogP contribution in [-0.4, -0.2) is 19.6 Å². The van der Waals surface area contributed by atoms with Crippen LogP contribution >= 0.6 is 23.2 Å². The lowest BCUT2D eigenvalue weighted by atomic mass is 9.51. The first-order valence-electron chi connectivity index (χ1n) is 12.0. The number of halogens is 2. The second-order valence-corrected chi connectivity index (χ2v) is 10.7. The number of nitrogens with zero attached hydrogens (tertiary/aromatic N) is 1. The molecule has 1 heterocycles. The number of nitrogens with one attached hydrogen (secondary N) is 1. The topological polar surface area (TPSA) is 88.1 Å². The average Bonchev–Trinajstić information content (AvgIpc) is 3.22. The molecular formula is C29H27Cl2N3O2. The normalized spacial score (nSPS) is 27.1. The summed E-state index contributed by atoms with van der Waals surface area (Å²) in [6.07, 6.45) is 1.90. The highest BCUT2D eigenvalue weighted by Crippen LogP contribution is 2.59. The monoisotopic (exact) mass is 519 g/mol. The lowest BCUT2D eigenvalue weighted by Crippen LogP contribution is -2.59. The Labute approximate surface area is 221 Å². The first kappa shape index (κ1) is 24.6. The molecule has 1 saturated heterocycles. The first-order chi connectivity index (χ1) is 17.3. The Kier molecular flexibility index (Phi) is 6.46. The molecule has 4 atom stereocenters. The molecule has 0 spiro atoms. The van der Waals surface area contributed by atoms with Gasteiger partial charge in [0.2, 0.25) is 5.91 Å². The van der Waals surface area contributed by atoms with Gasteiger partial charge in [-0.25, -0.2) is 0 Å². The van der Waals surface area contributed by atoms with Gasteiger partial charge in [-0.1, -0.05) is 53.5 Å². The number of rotatable bonds is 5. The third kappa shape index (κ3) is 3.94. The molecule has 36 heavy (non-hydrogen) atoms. The van der Waals surface area contributed by atoms with Gasteiger partial charge in [0.15, 0.2) is 0 Å². The molecule has 5 rings (SSSR count). The minimum atomic E-state index is -0.882. The maximum Gasteiger partial charge on any atom is 0.227 e. The SMILES string of the molecule is COc1ccc(C2CCC3(Cc4ccc(C#N)cc4)C(=O)NCC3C2(N)c2ccc(Cl)cc2)c(Cl)c1. The Balaban J connectivity index is 1.64. The Bertz CT molecular complexity index is 1340. The fourth-order valence-electron chi connectivity index (χ4n) is 6.35. The molecule has 3 aromatic carbocycles. The molecule has 4 unspecified atom stereocenters. The highest BCUT2D eigenvalue weighted by molar-refractivity contribution is 6.31. The van der Waals surface area contributed by atoms with Crippen molar-refractivity contribution in [2.45, 2.75) is 30.7 Å². The third-order valence-corrected chi connectivity index (χ3v) is 8.73. The van der Waals surface area contributed by atoms with Crippen molar-refractivity contribution in [2.24, 2.45) is 17.1 Å². The van der Waals surface area contributed by atoms with Crippen molar-refractivity contribution in [3.8, 4) is 11.8 Å². The summed E-state index contributed by atoms with van der Waals surface area (Å²) >= 11 is 13.0. The van der Waals surface area contributed by atoms with Crippen LogP contribution in [0.4, 0.5) is 0 Å². The summed E-state index contributed by atoms with van der Waals surface area (Å²) in [5.74, 6) is 0.400. The van der Waals surface area contributed by atoms with Gasteiger partial charge in [0.25, 0.3) is 0 Å². The number of nitrogens with two attached hydrogens (primary N) is 1. The van der Waals surface area contributed by atoms with E-state index in [0.29, 0.717) is 47.2 Å². The maximum absolute atomic E-state index is 13.5. The summed E-state index contributed by atoms with van der Waals surface area (Å²) in [4.78, 5) is 13.5. The number of nitriles is 1. The number of hydrogen-bond acceptors (Lipinski definition) is 4. The molecule has 0 aromatic heterocycles. The summed E-state index contributed by atoms with van der Waals surface area (Å²) in [6.45, 7) is 0.471. The number of benzene rings is 3. The zero-order chi connectivity index (χ0) is 25.5. The van der Waals surface area contributed by atoms with Gasteiger partial charge in [0.1, 0.15) is 5.75 Å². The Hall–Kier alpha value is -3.04. The minimum Gasteiger partial charge on any atom is -0.497 e. The molecule has 3 aromatic rings. The minimum absolute atomic E-state index is 0.0277. The van der Waals surface area contributed by atoms with Crippen molar-refractivity contribution < 1.29 is 9.53 Å². The molecule has 1 amide bonds. The van der Waals surface area contributed by atoms with Crippen LogP contribution < -0.4 is 15.8 Å². The van der Waals surface area contributed by atoms with Gasteiger partial charge in [0, 0.05) is 28.4 Å². The number of ether oxygens (including phenoxy) is 1. The standard InChI is InChI=1S/C29H27Cl2N3O2/c1-36-22-10-11-23(25(31)14-22)24-12-13-28(15-18-2-4-19(16-32)5-3-18)26(17-34-27(28)35)29(24,33)20-6-8-21(30)9-7-20/h2-11,14,24,26H,12-13,15,17,33H2,1H3,(H,34,35). The van der Waals surface area contributed by atoms with E-state index < -0.39 is 11.0 Å². The second kappa shape index (κ2) is 9.44. The molecule has 2 fully saturated rings. The summed E-state index contributed by atoms with van der Waals surface area (Å²) < 4.78 is 5.36. The molecule has 3 N–H and O–H groups in total. The van der Waals surface area contributed by atoms with E-state index in [4.69, 9.17) is 33.7 Å². The molecule has 1 aliphatic carbocycles. The highest BCUT2D eigenvalue weighted by Gasteiger charge is 2.63. The molecule has 5 nitrogen and oxygen atoms in total. The van der Waals surface area contributed by atoms with Gasteiger partial charge in [-0.15, -0.1) is 0 Å². The van der Waals surface area contributed by atoms with Crippen molar-refractivity contribution in [1.29, 1.82) is 5.26 Å². The predicted octanol–water partition coefficient (Wildman–Crippen LogP) is 5.58. The Morgan fingerprint density at radius 1 is 1.11 bits per heavy atom. The van der Waals surface area contributed by atoms with Crippen molar-refractivity contribution in [1.82, 2.24) is 5.32 Å². The number of carbonyl (C=O) groups excluding carboxylic acids is 1. The van der Waals surface area contributed by atoms with E-state index >= 15 is 0 Å². The van der Waals surface area contributed by atoms with E-state index in [1.54, 1.807) is 19.2 Å². The molecule has 2 aliphatic rings. The van der Waals surface area contributed by atoms with Crippen LogP contribution in [0.15, 0.2) is 66.7 Å². The van der Waals surface area contributed by atoms with Crippen LogP contribution in [0.25, 0.3) is 0 Å². The summed E-state index contributed by atoms with van der Waals surface area (Å²) in [7, 11) is 1.61. The average molecular weight is 520 g/mol. The van der Waals surface area contributed by atoms with Crippen molar-refractivity contribution >= 4 is 29.1 Å². The quantitative estimate of drug-likeness (QED) is 0.460. The predicted molar refractivity (Wildman–Crippen MR) is 141 cm³/mol. The number of methoxy groups -OCH3 is 1. The highest BCUT2D eigenvalue weighted by atomic mass is 35.5. The summed E-state index contributed by atoms with van der Waals surface area (Å²) in [5.41, 5.74) is 9.42. The van der Waals surface area contributed by atoms with Crippen molar-refractivity contribution in [3.05, 3.63) is 99.0 Å². The zero-order valence-electron chi connectivity index (χ0n) is 19.9. The maximum atomic E-state index is 13.5. The lowest BCUT2D eigenvalue weighted by molar-refractivity contribution is -0.132. The van der Waals surface area contributed by atoms with Crippen LogP contribution in [0.2, 0.25) is 10.0 Å². The summed E-state index contributed by atoms with van der Waals surface area (Å²) in [6, 6.07) is 22.9. The molecule has 0 bridgehead atoms. The second-order valence-electron chi connectivity index (χ2n) is 9.82. The van der Waals surface area contributed by atoms with Crippen molar-refractivity contribution in [2.75, 3.05) is 13.7 Å². The largest absolute Gasteiger partial charge is 0.497 e. The smallest absolute Gasteiger partial charge is 0.227 e. The molecule has 7 heteroatoms. The van der Waals surface area contributed by atoms with Crippen LogP contribution in [0.5, 0.6) is 5.75 Å². The van der Waals surface area contributed by atoms with Gasteiger partial charge in [-0.05, 0) is 72.4 Å². The molecule has 1 aliphatic heterocycles. The van der Waals surface area contributed by atoms with E-state index in [2.05, 4.69) is 11.4 Å². The number of hydrogen-bond donors (Lipinski definition) is 2. The third-order valence-electron chi connectivity index (χ3n) is 8.15. The van der Waals surface area contributed by atoms with Gasteiger partial charge < -0.3 is 15.8 Å². The fourth-order valence-corrected chi connectivity index (χ4v) is 6.77. The van der Waals surface area contributed by atoms with Gasteiger partial charge in [-0.3, -0.25) is 4.79 Å². The molecular weight excluding hydrogens is 493 g/mol. The Morgan fingerprint density at radius 3 is 2.47 bits per heavy atom. The summed E-state index contributed by atoms with van der Waals surface area (Å²) in [5, 5.41) is 13.5. The van der Waals surface area contributed by atoms with Crippen LogP contribution in [0, 0.1) is 22.7 Å². The van der Waals surface area contributed by atoms with Crippen LogP contribution in [0.3, 0.4) is 0 Å². The number of carbonyl (C=O) groups is 1. The molecule has 0 radical (unpaired) electrons. The van der Waals surface area contributed by atoms with Gasteiger partial charge >= 0.3 is 0 Å². The van der Waals surface area contributed by atoms with Crippen LogP contribution in [-0.2, 0) is 16.8 Å². The molecule has 184 valence electrons. The number of fused-ring (bicyclic) bond motifs is 1. The van der Waals surface area contributed by atoms with Gasteiger partial charge in [-0.2, -0.15) is 5.26 Å². The van der Waals surface area contributed by atoms with E-state index in [0.717, 1.165) is 16.7 Å². The lowest BCUT2D eigenvalue weighted by Gasteiger charge is -2.53. The van der Waals surface area contributed by atoms with E-state index in [1.807, 2.05) is 54.6 Å².